The Hall–Kier alpha value is -5.04. The van der Waals surface area contributed by atoms with Crippen molar-refractivity contribution in [3.05, 3.63) is 126 Å². The Bertz CT molecular complexity index is 1980. The van der Waals surface area contributed by atoms with Gasteiger partial charge in [-0.25, -0.2) is 14.4 Å². The van der Waals surface area contributed by atoms with E-state index in [2.05, 4.69) is 28.8 Å². The molecule has 0 bridgehead atoms. The molecule has 1 N–H and O–H groups in total. The summed E-state index contributed by atoms with van der Waals surface area (Å²) in [6, 6.07) is 33.8. The third-order valence-electron chi connectivity index (χ3n) is 8.92. The molecule has 4 aromatic carbocycles. The van der Waals surface area contributed by atoms with Crippen molar-refractivity contribution in [1.29, 1.82) is 0 Å². The van der Waals surface area contributed by atoms with Crippen LogP contribution >= 0.6 is 0 Å². The van der Waals surface area contributed by atoms with E-state index in [4.69, 9.17) is 14.7 Å². The van der Waals surface area contributed by atoms with E-state index in [1.165, 1.54) is 0 Å². The number of ether oxygens (including phenoxy) is 1. The zero-order valence-corrected chi connectivity index (χ0v) is 24.9. The van der Waals surface area contributed by atoms with E-state index in [0.717, 1.165) is 69.4 Å². The van der Waals surface area contributed by atoms with Gasteiger partial charge in [0.05, 0.1) is 28.2 Å². The number of rotatable bonds is 9. The molecule has 7 rings (SSSR count). The lowest BCUT2D eigenvalue weighted by Gasteiger charge is -2.28. The smallest absolute Gasteiger partial charge is 0.307 e. The highest BCUT2D eigenvalue weighted by atomic mass is 19.1. The van der Waals surface area contributed by atoms with Gasteiger partial charge in [0.15, 0.2) is 0 Å². The normalized spacial score (nSPS) is 16.6. The summed E-state index contributed by atoms with van der Waals surface area (Å²) < 4.78 is 21.4. The molecule has 1 aliphatic carbocycles. The van der Waals surface area contributed by atoms with Gasteiger partial charge in [-0.2, -0.15) is 0 Å². The average molecular weight is 600 g/mol. The molecule has 1 fully saturated rings. The van der Waals surface area contributed by atoms with Crippen molar-refractivity contribution in [1.82, 2.24) is 14.5 Å². The fourth-order valence-electron chi connectivity index (χ4n) is 6.57. The monoisotopic (exact) mass is 599 g/mol. The second kappa shape index (κ2) is 12.5. The first-order valence-corrected chi connectivity index (χ1v) is 15.5. The molecule has 0 unspecified atom stereocenters. The molecule has 1 aliphatic rings. The van der Waals surface area contributed by atoms with Crippen molar-refractivity contribution < 1.29 is 19.0 Å². The number of pyridine rings is 1. The number of halogens is 1. The van der Waals surface area contributed by atoms with Crippen LogP contribution in [0.5, 0.6) is 5.75 Å². The fraction of sp³-hybridized carbons (Fsp3) is 0.237. The SMILES string of the molecule is O=C(O)[C@H]1CCCC[C@H]1c1nc2cc(OCc3ccc4ccccc4n3)ccc2n1Cc1cccc(-c2ccc(CF)cc2)c1. The largest absolute Gasteiger partial charge is 0.487 e. The van der Waals surface area contributed by atoms with E-state index < -0.39 is 18.6 Å². The summed E-state index contributed by atoms with van der Waals surface area (Å²) in [5.74, 6) is 0.0912. The van der Waals surface area contributed by atoms with Gasteiger partial charge in [-0.3, -0.25) is 4.79 Å². The van der Waals surface area contributed by atoms with Crippen molar-refractivity contribution in [2.45, 2.75) is 51.4 Å². The van der Waals surface area contributed by atoms with Gasteiger partial charge in [0.25, 0.3) is 0 Å². The number of nitrogens with zero attached hydrogens (tertiary/aromatic N) is 3. The molecule has 0 aliphatic heterocycles. The molecule has 1 saturated carbocycles. The number of para-hydroxylation sites is 1. The summed E-state index contributed by atoms with van der Waals surface area (Å²) in [7, 11) is 0. The maximum absolute atomic E-state index is 13.1. The Morgan fingerprint density at radius 3 is 2.51 bits per heavy atom. The summed E-state index contributed by atoms with van der Waals surface area (Å²) >= 11 is 0. The van der Waals surface area contributed by atoms with Crippen LogP contribution in [0.4, 0.5) is 4.39 Å². The highest BCUT2D eigenvalue weighted by molar-refractivity contribution is 5.80. The minimum atomic E-state index is -0.760. The Balaban J connectivity index is 1.22. The lowest BCUT2D eigenvalue weighted by Crippen LogP contribution is -2.27. The van der Waals surface area contributed by atoms with Crippen LogP contribution in [0, 0.1) is 5.92 Å². The van der Waals surface area contributed by atoms with E-state index in [1.54, 1.807) is 0 Å². The van der Waals surface area contributed by atoms with Gasteiger partial charge < -0.3 is 14.4 Å². The molecule has 2 heterocycles. The molecule has 0 amide bonds. The maximum atomic E-state index is 13.1. The molecule has 45 heavy (non-hydrogen) atoms. The van der Waals surface area contributed by atoms with Crippen molar-refractivity contribution >= 4 is 27.9 Å². The summed E-state index contributed by atoms with van der Waals surface area (Å²) in [6.07, 6.45) is 3.34. The third-order valence-corrected chi connectivity index (χ3v) is 8.92. The van der Waals surface area contributed by atoms with Crippen LogP contribution in [-0.2, 0) is 24.6 Å². The molecule has 7 heteroatoms. The Labute approximate surface area is 261 Å². The lowest BCUT2D eigenvalue weighted by atomic mass is 9.78. The van der Waals surface area contributed by atoms with Gasteiger partial charge in [-0.05, 0) is 65.4 Å². The molecule has 226 valence electrons. The number of imidazole rings is 1. The lowest BCUT2D eigenvalue weighted by molar-refractivity contribution is -0.143. The fourth-order valence-corrected chi connectivity index (χ4v) is 6.57. The summed E-state index contributed by atoms with van der Waals surface area (Å²) in [5.41, 5.74) is 7.28. The highest BCUT2D eigenvalue weighted by Gasteiger charge is 2.35. The van der Waals surface area contributed by atoms with E-state index >= 15 is 0 Å². The van der Waals surface area contributed by atoms with Crippen molar-refractivity contribution in [2.75, 3.05) is 0 Å². The Morgan fingerprint density at radius 2 is 1.67 bits per heavy atom. The van der Waals surface area contributed by atoms with Gasteiger partial charge in [-0.1, -0.05) is 79.6 Å². The van der Waals surface area contributed by atoms with E-state index in [1.807, 2.05) is 78.9 Å². The van der Waals surface area contributed by atoms with Gasteiger partial charge in [0, 0.05) is 23.9 Å². The Kier molecular flexibility index (Phi) is 7.99. The standard InChI is InChI=1S/C38H34FN3O3/c39-22-25-12-14-27(15-13-25)29-8-5-6-26(20-29)23-42-36-19-18-31(45-24-30-17-16-28-7-1-4-11-34(28)40-30)21-35(36)41-37(42)32-9-2-3-10-33(32)38(43)44/h1,4-8,11-21,32-33H,2-3,9-10,22-24H2,(H,43,44)/t32-,33+/m1/s1. The predicted octanol–water partition coefficient (Wildman–Crippen LogP) is 8.71. The quantitative estimate of drug-likeness (QED) is 0.180. The topological polar surface area (TPSA) is 77.2 Å². The van der Waals surface area contributed by atoms with Crippen LogP contribution in [0.15, 0.2) is 103 Å². The minimum Gasteiger partial charge on any atom is -0.487 e. The Morgan fingerprint density at radius 1 is 0.822 bits per heavy atom. The molecule has 6 aromatic rings. The summed E-state index contributed by atoms with van der Waals surface area (Å²) in [4.78, 5) is 22.2. The second-order valence-corrected chi connectivity index (χ2v) is 11.9. The van der Waals surface area contributed by atoms with E-state index in [9.17, 15) is 14.3 Å². The number of carbonyl (C=O) groups is 1. The second-order valence-electron chi connectivity index (χ2n) is 11.9. The number of benzene rings is 4. The first-order chi connectivity index (χ1) is 22.1. The molecule has 0 saturated heterocycles. The van der Waals surface area contributed by atoms with Crippen LogP contribution in [0.3, 0.4) is 0 Å². The molecule has 0 spiro atoms. The molecule has 0 radical (unpaired) electrons. The third kappa shape index (κ3) is 6.03. The number of alkyl halides is 1. The molecular weight excluding hydrogens is 565 g/mol. The first-order valence-electron chi connectivity index (χ1n) is 15.5. The van der Waals surface area contributed by atoms with Crippen molar-refractivity contribution in [2.24, 2.45) is 5.92 Å². The number of carboxylic acids is 1. The minimum absolute atomic E-state index is 0.175. The van der Waals surface area contributed by atoms with Crippen LogP contribution < -0.4 is 4.74 Å². The predicted molar refractivity (Wildman–Crippen MR) is 174 cm³/mol. The molecule has 2 aromatic heterocycles. The number of hydrogen-bond donors (Lipinski definition) is 1. The number of aromatic nitrogens is 3. The van der Waals surface area contributed by atoms with Crippen LogP contribution in [0.25, 0.3) is 33.1 Å². The number of hydrogen-bond acceptors (Lipinski definition) is 4. The number of fused-ring (bicyclic) bond motifs is 2. The van der Waals surface area contributed by atoms with Crippen molar-refractivity contribution in [3.8, 4) is 16.9 Å². The summed E-state index contributed by atoms with van der Waals surface area (Å²) in [5, 5.41) is 11.2. The summed E-state index contributed by atoms with van der Waals surface area (Å²) in [6.45, 7) is 0.390. The van der Waals surface area contributed by atoms with Gasteiger partial charge in [0.1, 0.15) is 24.9 Å². The van der Waals surface area contributed by atoms with Crippen LogP contribution in [-0.4, -0.2) is 25.6 Å². The van der Waals surface area contributed by atoms with Gasteiger partial charge in [0.2, 0.25) is 0 Å². The number of aliphatic carboxylic acids is 1. The van der Waals surface area contributed by atoms with E-state index in [0.29, 0.717) is 30.9 Å². The zero-order chi connectivity index (χ0) is 30.8. The van der Waals surface area contributed by atoms with Crippen LogP contribution in [0.1, 0.15) is 54.2 Å². The van der Waals surface area contributed by atoms with Crippen molar-refractivity contribution in [3.63, 3.8) is 0 Å². The number of carboxylic acid groups (broad SMARTS) is 1. The first kappa shape index (κ1) is 28.7. The van der Waals surface area contributed by atoms with Gasteiger partial charge in [-0.15, -0.1) is 0 Å². The average Bonchev–Trinajstić information content (AvgIpc) is 3.44. The molecule has 6 nitrogen and oxygen atoms in total. The molecular formula is C38H34FN3O3. The molecule has 2 atom stereocenters. The van der Waals surface area contributed by atoms with Crippen LogP contribution in [0.2, 0.25) is 0 Å². The maximum Gasteiger partial charge on any atom is 0.307 e. The van der Waals surface area contributed by atoms with Gasteiger partial charge >= 0.3 is 5.97 Å². The highest BCUT2D eigenvalue weighted by Crippen LogP contribution is 2.39. The van der Waals surface area contributed by atoms with E-state index in [-0.39, 0.29) is 5.92 Å². The zero-order valence-electron chi connectivity index (χ0n) is 24.9.